The minimum Gasteiger partial charge on any atom is -0.339 e. The summed E-state index contributed by atoms with van der Waals surface area (Å²) in [6.07, 6.45) is 3.18. The van der Waals surface area contributed by atoms with Gasteiger partial charge in [-0.15, -0.1) is 0 Å². The van der Waals surface area contributed by atoms with Crippen LogP contribution in [0.2, 0.25) is 0 Å². The van der Waals surface area contributed by atoms with E-state index in [1.165, 1.54) is 12.1 Å². The molecule has 0 aromatic heterocycles. The van der Waals surface area contributed by atoms with Gasteiger partial charge in [0.2, 0.25) is 10.0 Å². The first-order valence-corrected chi connectivity index (χ1v) is 8.42. The Labute approximate surface area is 120 Å². The van der Waals surface area contributed by atoms with Crippen molar-refractivity contribution in [1.82, 2.24) is 9.62 Å². The number of carbonyl (C=O) groups is 1. The summed E-state index contributed by atoms with van der Waals surface area (Å²) in [5, 5.41) is 0. The number of carbonyl (C=O) groups excluding carboxylic acids is 1. The number of hydrogen-bond acceptors (Lipinski definition) is 3. The molecule has 110 valence electrons. The molecule has 0 atom stereocenters. The van der Waals surface area contributed by atoms with Gasteiger partial charge in [-0.1, -0.05) is 13.0 Å². The molecule has 0 bridgehead atoms. The summed E-state index contributed by atoms with van der Waals surface area (Å²) in [6.45, 7) is 3.55. The zero-order valence-electron chi connectivity index (χ0n) is 11.6. The fourth-order valence-electron chi connectivity index (χ4n) is 2.35. The van der Waals surface area contributed by atoms with Gasteiger partial charge in [0, 0.05) is 25.2 Å². The molecule has 0 unspecified atom stereocenters. The van der Waals surface area contributed by atoms with Gasteiger partial charge in [0.15, 0.2) is 0 Å². The van der Waals surface area contributed by atoms with Crippen LogP contribution in [0.5, 0.6) is 0 Å². The molecule has 6 heteroatoms. The van der Waals surface area contributed by atoms with Gasteiger partial charge in [0.1, 0.15) is 0 Å². The molecule has 0 radical (unpaired) electrons. The van der Waals surface area contributed by atoms with Crippen LogP contribution in [0, 0.1) is 0 Å². The molecule has 1 aliphatic rings. The summed E-state index contributed by atoms with van der Waals surface area (Å²) in [5.41, 5.74) is 0.436. The molecule has 2 rings (SSSR count). The van der Waals surface area contributed by atoms with Crippen molar-refractivity contribution in [3.8, 4) is 0 Å². The zero-order valence-corrected chi connectivity index (χ0v) is 12.4. The Balaban J connectivity index is 2.23. The van der Waals surface area contributed by atoms with E-state index in [0.29, 0.717) is 12.1 Å². The Hall–Kier alpha value is -1.40. The van der Waals surface area contributed by atoms with Gasteiger partial charge in [0.05, 0.1) is 4.90 Å². The molecular formula is C14H20N2O3S. The first-order valence-electron chi connectivity index (χ1n) is 6.93. The number of rotatable bonds is 4. The summed E-state index contributed by atoms with van der Waals surface area (Å²) in [5.74, 6) is -0.0850. The fourth-order valence-corrected chi connectivity index (χ4v) is 3.44. The van der Waals surface area contributed by atoms with Crippen LogP contribution in [0.1, 0.15) is 36.5 Å². The molecule has 5 nitrogen and oxygen atoms in total. The molecule has 0 spiro atoms. The lowest BCUT2D eigenvalue weighted by Gasteiger charge is -2.26. The minimum absolute atomic E-state index is 0.0850. The Bertz CT molecular complexity index is 578. The van der Waals surface area contributed by atoms with Crippen LogP contribution in [0.4, 0.5) is 0 Å². The molecule has 1 amide bonds. The third-order valence-corrected chi connectivity index (χ3v) is 4.91. The molecule has 1 N–H and O–H groups in total. The van der Waals surface area contributed by atoms with Crippen LogP contribution in [-0.4, -0.2) is 38.9 Å². The van der Waals surface area contributed by atoms with Crippen LogP contribution in [-0.2, 0) is 10.0 Å². The molecule has 1 aliphatic heterocycles. The molecule has 1 aromatic carbocycles. The fraction of sp³-hybridized carbons (Fsp3) is 0.500. The topological polar surface area (TPSA) is 66.5 Å². The number of amides is 1. The third kappa shape index (κ3) is 3.37. The average Bonchev–Trinajstić information content (AvgIpc) is 2.47. The molecule has 1 fully saturated rings. The molecule has 1 heterocycles. The number of sulfonamides is 1. The smallest absolute Gasteiger partial charge is 0.253 e. The number of hydrogen-bond donors (Lipinski definition) is 1. The summed E-state index contributed by atoms with van der Waals surface area (Å²) < 4.78 is 26.3. The zero-order chi connectivity index (χ0) is 14.6. The predicted molar refractivity (Wildman–Crippen MR) is 77.1 cm³/mol. The molecule has 0 aliphatic carbocycles. The lowest BCUT2D eigenvalue weighted by Crippen LogP contribution is -2.35. The normalized spacial score (nSPS) is 16.1. The van der Waals surface area contributed by atoms with Crippen LogP contribution in [0.3, 0.4) is 0 Å². The van der Waals surface area contributed by atoms with Crippen molar-refractivity contribution in [1.29, 1.82) is 0 Å². The molecule has 20 heavy (non-hydrogen) atoms. The van der Waals surface area contributed by atoms with Gasteiger partial charge >= 0.3 is 0 Å². The van der Waals surface area contributed by atoms with E-state index in [9.17, 15) is 13.2 Å². The van der Waals surface area contributed by atoms with Gasteiger partial charge in [0.25, 0.3) is 5.91 Å². The standard InChI is InChI=1S/C14H20N2O3S/c1-2-15-20(18,19)13-8-6-7-12(11-13)14(17)16-9-4-3-5-10-16/h6-8,11,15H,2-5,9-10H2,1H3. The maximum absolute atomic E-state index is 12.3. The Morgan fingerprint density at radius 3 is 2.60 bits per heavy atom. The number of piperidine rings is 1. The molecule has 1 saturated heterocycles. The van der Waals surface area contributed by atoms with Crippen molar-refractivity contribution in [3.05, 3.63) is 29.8 Å². The van der Waals surface area contributed by atoms with E-state index >= 15 is 0 Å². The van der Waals surface area contributed by atoms with Gasteiger partial charge in [-0.2, -0.15) is 0 Å². The van der Waals surface area contributed by atoms with Crippen molar-refractivity contribution < 1.29 is 13.2 Å². The highest BCUT2D eigenvalue weighted by Gasteiger charge is 2.20. The molecule has 0 saturated carbocycles. The van der Waals surface area contributed by atoms with Gasteiger partial charge in [-0.3, -0.25) is 4.79 Å². The summed E-state index contributed by atoms with van der Waals surface area (Å²) in [7, 11) is -3.52. The van der Waals surface area contributed by atoms with E-state index in [1.54, 1.807) is 24.0 Å². The van der Waals surface area contributed by atoms with E-state index in [4.69, 9.17) is 0 Å². The highest BCUT2D eigenvalue weighted by atomic mass is 32.2. The number of nitrogens with zero attached hydrogens (tertiary/aromatic N) is 1. The number of benzene rings is 1. The van der Waals surface area contributed by atoms with Crippen LogP contribution in [0.25, 0.3) is 0 Å². The maximum atomic E-state index is 12.3. The maximum Gasteiger partial charge on any atom is 0.253 e. The quantitative estimate of drug-likeness (QED) is 0.918. The van der Waals surface area contributed by atoms with Crippen molar-refractivity contribution in [2.75, 3.05) is 19.6 Å². The Kier molecular flexibility index (Phi) is 4.77. The summed E-state index contributed by atoms with van der Waals surface area (Å²) in [4.78, 5) is 14.3. The number of nitrogens with one attached hydrogen (secondary N) is 1. The van der Waals surface area contributed by atoms with E-state index < -0.39 is 10.0 Å². The van der Waals surface area contributed by atoms with E-state index in [-0.39, 0.29) is 10.8 Å². The largest absolute Gasteiger partial charge is 0.339 e. The molecular weight excluding hydrogens is 276 g/mol. The lowest BCUT2D eigenvalue weighted by atomic mass is 10.1. The Morgan fingerprint density at radius 2 is 1.95 bits per heavy atom. The van der Waals surface area contributed by atoms with E-state index in [1.807, 2.05) is 0 Å². The van der Waals surface area contributed by atoms with Crippen molar-refractivity contribution >= 4 is 15.9 Å². The van der Waals surface area contributed by atoms with Gasteiger partial charge in [-0.05, 0) is 37.5 Å². The van der Waals surface area contributed by atoms with Crippen molar-refractivity contribution in [2.24, 2.45) is 0 Å². The minimum atomic E-state index is -3.52. The van der Waals surface area contributed by atoms with Crippen molar-refractivity contribution in [3.63, 3.8) is 0 Å². The second-order valence-corrected chi connectivity index (χ2v) is 6.65. The second kappa shape index (κ2) is 6.37. The Morgan fingerprint density at radius 1 is 1.25 bits per heavy atom. The highest BCUT2D eigenvalue weighted by molar-refractivity contribution is 7.89. The van der Waals surface area contributed by atoms with Crippen LogP contribution < -0.4 is 4.72 Å². The van der Waals surface area contributed by atoms with E-state index in [0.717, 1.165) is 32.4 Å². The first-order chi connectivity index (χ1) is 9.54. The van der Waals surface area contributed by atoms with E-state index in [2.05, 4.69) is 4.72 Å². The SMILES string of the molecule is CCNS(=O)(=O)c1cccc(C(=O)N2CCCCC2)c1. The monoisotopic (exact) mass is 296 g/mol. The van der Waals surface area contributed by atoms with Crippen molar-refractivity contribution in [2.45, 2.75) is 31.1 Å². The van der Waals surface area contributed by atoms with Gasteiger partial charge < -0.3 is 4.90 Å². The molecule has 1 aromatic rings. The second-order valence-electron chi connectivity index (χ2n) is 4.88. The summed E-state index contributed by atoms with van der Waals surface area (Å²) in [6, 6.07) is 6.24. The first kappa shape index (κ1) is 15.0. The van der Waals surface area contributed by atoms with Crippen LogP contribution in [0.15, 0.2) is 29.2 Å². The van der Waals surface area contributed by atoms with Gasteiger partial charge in [-0.25, -0.2) is 13.1 Å². The average molecular weight is 296 g/mol. The predicted octanol–water partition coefficient (Wildman–Crippen LogP) is 1.61. The lowest BCUT2D eigenvalue weighted by molar-refractivity contribution is 0.0724. The highest BCUT2D eigenvalue weighted by Crippen LogP contribution is 2.16. The summed E-state index contributed by atoms with van der Waals surface area (Å²) >= 11 is 0. The van der Waals surface area contributed by atoms with Crippen LogP contribution >= 0.6 is 0 Å². The number of likely N-dealkylation sites (tertiary alicyclic amines) is 1. The third-order valence-electron chi connectivity index (χ3n) is 3.37.